The number of hydrogen-bond donors (Lipinski definition) is 2. The van der Waals surface area contributed by atoms with Gasteiger partial charge < -0.3 is 15.0 Å². The van der Waals surface area contributed by atoms with Gasteiger partial charge in [0.1, 0.15) is 0 Å². The van der Waals surface area contributed by atoms with Gasteiger partial charge in [0.25, 0.3) is 0 Å². The highest BCUT2D eigenvalue weighted by Gasteiger charge is 2.32. The Hall–Kier alpha value is -0.870. The fraction of sp³-hybridized carbons (Fsp3) is 0.769. The van der Waals surface area contributed by atoms with Crippen LogP contribution in [0.5, 0.6) is 0 Å². The molecule has 1 aliphatic carbocycles. The zero-order valence-corrected chi connectivity index (χ0v) is 10.7. The number of aliphatic hydroxyl groups is 1. The summed E-state index contributed by atoms with van der Waals surface area (Å²) in [5.74, 6) is 0. The van der Waals surface area contributed by atoms with Crippen molar-refractivity contribution in [3.8, 4) is 0 Å². The molecule has 1 aromatic heterocycles. The molecule has 4 heteroatoms. The van der Waals surface area contributed by atoms with Crippen molar-refractivity contribution >= 4 is 0 Å². The quantitative estimate of drug-likeness (QED) is 0.791. The Morgan fingerprint density at radius 3 is 2.88 bits per heavy atom. The third-order valence-corrected chi connectivity index (χ3v) is 3.77. The van der Waals surface area contributed by atoms with Crippen LogP contribution in [0, 0.1) is 0 Å². The van der Waals surface area contributed by atoms with Crippen LogP contribution in [0.1, 0.15) is 44.7 Å². The Labute approximate surface area is 103 Å². The first-order valence-electron chi connectivity index (χ1n) is 6.64. The second kappa shape index (κ2) is 5.65. The van der Waals surface area contributed by atoms with Crippen LogP contribution in [0.4, 0.5) is 0 Å². The fourth-order valence-electron chi connectivity index (χ4n) is 2.66. The number of hydrogen-bond acceptors (Lipinski definition) is 3. The molecule has 2 rings (SSSR count). The van der Waals surface area contributed by atoms with Crippen LogP contribution in [0.15, 0.2) is 12.5 Å². The summed E-state index contributed by atoms with van der Waals surface area (Å²) in [6, 6.07) is 0. The van der Waals surface area contributed by atoms with Gasteiger partial charge in [-0.25, -0.2) is 4.98 Å². The van der Waals surface area contributed by atoms with Crippen molar-refractivity contribution in [2.75, 3.05) is 6.61 Å². The van der Waals surface area contributed by atoms with Crippen molar-refractivity contribution < 1.29 is 5.11 Å². The maximum atomic E-state index is 9.53. The van der Waals surface area contributed by atoms with Gasteiger partial charge >= 0.3 is 0 Å². The summed E-state index contributed by atoms with van der Waals surface area (Å²) in [5.41, 5.74) is 1.17. The molecule has 1 fully saturated rings. The lowest BCUT2D eigenvalue weighted by Gasteiger charge is -2.28. The van der Waals surface area contributed by atoms with E-state index in [0.717, 1.165) is 32.4 Å². The minimum absolute atomic E-state index is 0.0404. The van der Waals surface area contributed by atoms with Crippen LogP contribution in [-0.2, 0) is 13.1 Å². The molecule has 0 unspecified atom stereocenters. The molecule has 0 aromatic carbocycles. The Balaban J connectivity index is 1.94. The molecule has 0 spiro atoms. The molecule has 0 aliphatic heterocycles. The van der Waals surface area contributed by atoms with Crippen molar-refractivity contribution in [3.63, 3.8) is 0 Å². The maximum Gasteiger partial charge on any atom is 0.0948 e. The normalized spacial score (nSPS) is 18.7. The Morgan fingerprint density at radius 2 is 2.24 bits per heavy atom. The van der Waals surface area contributed by atoms with E-state index in [0.29, 0.717) is 0 Å². The maximum absolute atomic E-state index is 9.53. The van der Waals surface area contributed by atoms with Crippen LogP contribution in [0.3, 0.4) is 0 Å². The molecule has 0 bridgehead atoms. The number of imidazole rings is 1. The number of aromatic nitrogens is 2. The molecule has 1 aliphatic rings. The van der Waals surface area contributed by atoms with E-state index in [9.17, 15) is 5.11 Å². The van der Waals surface area contributed by atoms with Crippen molar-refractivity contribution in [2.45, 2.75) is 57.7 Å². The molecular weight excluding hydrogens is 214 g/mol. The Kier molecular flexibility index (Phi) is 4.18. The van der Waals surface area contributed by atoms with Gasteiger partial charge in [-0.1, -0.05) is 19.8 Å². The number of aliphatic hydroxyl groups excluding tert-OH is 1. The highest BCUT2D eigenvalue weighted by Crippen LogP contribution is 2.29. The number of nitrogens with zero attached hydrogens (tertiary/aromatic N) is 2. The zero-order chi connectivity index (χ0) is 12.1. The van der Waals surface area contributed by atoms with Crippen LogP contribution < -0.4 is 5.32 Å². The highest BCUT2D eigenvalue weighted by atomic mass is 16.3. The lowest BCUT2D eigenvalue weighted by molar-refractivity contribution is 0.162. The van der Waals surface area contributed by atoms with E-state index < -0.39 is 0 Å². The lowest BCUT2D eigenvalue weighted by atomic mass is 9.99. The summed E-state index contributed by atoms with van der Waals surface area (Å²) >= 11 is 0. The summed E-state index contributed by atoms with van der Waals surface area (Å²) in [5, 5.41) is 13.1. The molecule has 1 heterocycles. The van der Waals surface area contributed by atoms with Crippen LogP contribution in [-0.4, -0.2) is 26.8 Å². The first-order valence-corrected chi connectivity index (χ1v) is 6.64. The SMILES string of the molecule is CCCn1cncc1CNC1(CO)CCCC1. The highest BCUT2D eigenvalue weighted by molar-refractivity contribution is 5.01. The summed E-state index contributed by atoms with van der Waals surface area (Å²) in [6.45, 7) is 4.24. The average Bonchev–Trinajstić information content (AvgIpc) is 2.97. The van der Waals surface area contributed by atoms with Gasteiger partial charge in [-0.3, -0.25) is 0 Å². The molecular formula is C13H23N3O. The molecule has 0 saturated heterocycles. The summed E-state index contributed by atoms with van der Waals surface area (Å²) in [6.07, 6.45) is 9.55. The Morgan fingerprint density at radius 1 is 1.47 bits per heavy atom. The summed E-state index contributed by atoms with van der Waals surface area (Å²) in [7, 11) is 0. The van der Waals surface area contributed by atoms with Crippen molar-refractivity contribution in [2.24, 2.45) is 0 Å². The predicted molar refractivity (Wildman–Crippen MR) is 67.6 cm³/mol. The van der Waals surface area contributed by atoms with Gasteiger partial charge in [-0.05, 0) is 19.3 Å². The topological polar surface area (TPSA) is 50.1 Å². The molecule has 0 amide bonds. The first kappa shape index (κ1) is 12.6. The summed E-state index contributed by atoms with van der Waals surface area (Å²) in [4.78, 5) is 4.19. The van der Waals surface area contributed by atoms with E-state index in [-0.39, 0.29) is 12.1 Å². The van der Waals surface area contributed by atoms with E-state index >= 15 is 0 Å². The molecule has 2 N–H and O–H groups in total. The largest absolute Gasteiger partial charge is 0.394 e. The van der Waals surface area contributed by atoms with Crippen molar-refractivity contribution in [3.05, 3.63) is 18.2 Å². The van der Waals surface area contributed by atoms with E-state index in [1.54, 1.807) is 0 Å². The van der Waals surface area contributed by atoms with Gasteiger partial charge in [0.15, 0.2) is 0 Å². The molecule has 17 heavy (non-hydrogen) atoms. The zero-order valence-electron chi connectivity index (χ0n) is 10.7. The van der Waals surface area contributed by atoms with Gasteiger partial charge in [-0.15, -0.1) is 0 Å². The second-order valence-electron chi connectivity index (χ2n) is 5.08. The van der Waals surface area contributed by atoms with E-state index in [1.165, 1.54) is 18.5 Å². The number of aryl methyl sites for hydroxylation is 1. The number of rotatable bonds is 6. The molecule has 0 radical (unpaired) electrons. The van der Waals surface area contributed by atoms with Gasteiger partial charge in [0.05, 0.1) is 18.6 Å². The molecule has 96 valence electrons. The smallest absolute Gasteiger partial charge is 0.0948 e. The minimum Gasteiger partial charge on any atom is -0.394 e. The minimum atomic E-state index is -0.0404. The molecule has 0 atom stereocenters. The molecule has 1 saturated carbocycles. The number of nitrogens with one attached hydrogen (secondary N) is 1. The Bertz CT molecular complexity index is 342. The average molecular weight is 237 g/mol. The fourth-order valence-corrected chi connectivity index (χ4v) is 2.66. The van der Waals surface area contributed by atoms with Crippen LogP contribution in [0.2, 0.25) is 0 Å². The third-order valence-electron chi connectivity index (χ3n) is 3.77. The van der Waals surface area contributed by atoms with E-state index in [2.05, 4.69) is 21.8 Å². The molecule has 1 aromatic rings. The molecule has 4 nitrogen and oxygen atoms in total. The standard InChI is InChI=1S/C13H23N3O/c1-2-7-16-11-14-8-12(16)9-15-13(10-17)5-3-4-6-13/h8,11,15,17H,2-7,9-10H2,1H3. The monoisotopic (exact) mass is 237 g/mol. The van der Waals surface area contributed by atoms with Crippen molar-refractivity contribution in [1.82, 2.24) is 14.9 Å². The van der Waals surface area contributed by atoms with Gasteiger partial charge in [0, 0.05) is 24.8 Å². The van der Waals surface area contributed by atoms with E-state index in [1.807, 2.05) is 12.5 Å². The second-order valence-corrected chi connectivity index (χ2v) is 5.08. The predicted octanol–water partition coefficient (Wildman–Crippen LogP) is 1.69. The van der Waals surface area contributed by atoms with Gasteiger partial charge in [0.2, 0.25) is 0 Å². The first-order chi connectivity index (χ1) is 8.29. The third kappa shape index (κ3) is 2.87. The van der Waals surface area contributed by atoms with Gasteiger partial charge in [-0.2, -0.15) is 0 Å². The lowest BCUT2D eigenvalue weighted by Crippen LogP contribution is -2.45. The summed E-state index contributed by atoms with van der Waals surface area (Å²) < 4.78 is 2.19. The van der Waals surface area contributed by atoms with Crippen LogP contribution in [0.25, 0.3) is 0 Å². The van der Waals surface area contributed by atoms with E-state index in [4.69, 9.17) is 0 Å². The van der Waals surface area contributed by atoms with Crippen LogP contribution >= 0.6 is 0 Å². The van der Waals surface area contributed by atoms with Crippen molar-refractivity contribution in [1.29, 1.82) is 0 Å².